The summed E-state index contributed by atoms with van der Waals surface area (Å²) < 4.78 is 21.6. The Labute approximate surface area is 227 Å². The van der Waals surface area contributed by atoms with Gasteiger partial charge in [0.25, 0.3) is 0 Å². The molecule has 4 rings (SSSR count). The van der Waals surface area contributed by atoms with Gasteiger partial charge >= 0.3 is 0 Å². The summed E-state index contributed by atoms with van der Waals surface area (Å²) in [4.78, 5) is 0. The zero-order chi connectivity index (χ0) is 29.1. The van der Waals surface area contributed by atoms with E-state index in [1.807, 2.05) is 0 Å². The van der Waals surface area contributed by atoms with Gasteiger partial charge in [-0.05, 0) is 29.8 Å². The van der Waals surface area contributed by atoms with Crippen molar-refractivity contribution in [3.63, 3.8) is 0 Å². The molecule has 2 saturated heterocycles. The number of hydrogen-bond acceptors (Lipinski definition) is 14. The molecule has 0 spiro atoms. The monoisotopic (exact) mass is 568 g/mol. The van der Waals surface area contributed by atoms with Crippen molar-refractivity contribution < 1.29 is 70.0 Å². The molecule has 0 amide bonds. The molecular weight excluding hydrogens is 536 g/mol. The number of aliphatic hydroxyl groups excluding tert-OH is 8. The molecule has 0 saturated carbocycles. The van der Waals surface area contributed by atoms with Crippen LogP contribution in [0.15, 0.2) is 36.4 Å². The van der Waals surface area contributed by atoms with Crippen LogP contribution in [0.4, 0.5) is 0 Å². The first kappa shape index (κ1) is 30.0. The van der Waals surface area contributed by atoms with Crippen molar-refractivity contribution in [1.29, 1.82) is 0 Å². The molecule has 14 nitrogen and oxygen atoms in total. The molecule has 2 fully saturated rings. The second kappa shape index (κ2) is 12.7. The highest BCUT2D eigenvalue weighted by molar-refractivity contribution is 5.74. The number of ether oxygens (including phenoxy) is 4. The Kier molecular flexibility index (Phi) is 9.48. The molecule has 2 aliphatic rings. The van der Waals surface area contributed by atoms with Crippen LogP contribution in [0.3, 0.4) is 0 Å². The quantitative estimate of drug-likeness (QED) is 0.150. The topological polar surface area (TPSA) is 239 Å². The molecule has 40 heavy (non-hydrogen) atoms. The first-order valence-electron chi connectivity index (χ1n) is 12.3. The van der Waals surface area contributed by atoms with E-state index in [0.717, 1.165) is 0 Å². The third-order valence-corrected chi connectivity index (χ3v) is 6.57. The van der Waals surface area contributed by atoms with Crippen molar-refractivity contribution in [3.05, 3.63) is 47.5 Å². The number of benzene rings is 2. The summed E-state index contributed by atoms with van der Waals surface area (Å²) >= 11 is 0. The predicted molar refractivity (Wildman–Crippen MR) is 134 cm³/mol. The zero-order valence-corrected chi connectivity index (χ0v) is 20.9. The van der Waals surface area contributed by atoms with Gasteiger partial charge in [0.2, 0.25) is 12.6 Å². The van der Waals surface area contributed by atoms with Crippen molar-refractivity contribution in [1.82, 2.24) is 0 Å². The van der Waals surface area contributed by atoms with Gasteiger partial charge < -0.3 is 70.0 Å². The summed E-state index contributed by atoms with van der Waals surface area (Å²) in [5.41, 5.74) is 0.724. The second-order valence-corrected chi connectivity index (χ2v) is 9.44. The van der Waals surface area contributed by atoms with Gasteiger partial charge in [0.1, 0.15) is 71.8 Å². The minimum Gasteiger partial charge on any atom is -0.508 e. The van der Waals surface area contributed by atoms with Gasteiger partial charge in [-0.25, -0.2) is 0 Å². The van der Waals surface area contributed by atoms with Crippen molar-refractivity contribution in [2.24, 2.45) is 0 Å². The third-order valence-electron chi connectivity index (χ3n) is 6.57. The Bertz CT molecular complexity index is 1170. The summed E-state index contributed by atoms with van der Waals surface area (Å²) in [6, 6.07) is 8.20. The largest absolute Gasteiger partial charge is 0.508 e. The Balaban J connectivity index is 1.45. The minimum absolute atomic E-state index is 0.0384. The van der Waals surface area contributed by atoms with Crippen LogP contribution in [-0.4, -0.2) is 126 Å². The summed E-state index contributed by atoms with van der Waals surface area (Å²) in [6.45, 7) is -1.25. The maximum absolute atomic E-state index is 10.5. The van der Waals surface area contributed by atoms with Gasteiger partial charge in [0.05, 0.1) is 13.2 Å². The SMILES string of the molecule is OCC1O[C@@H](Oc2cc(O)cc(/C=C/c3ccc(OC4O[C@H](CO)C(O)C(O)[C@H]4O)cc3O)c2)[C@@H](O)C(O)[C@@H]1O. The summed E-state index contributed by atoms with van der Waals surface area (Å²) in [7, 11) is 0. The molecule has 220 valence electrons. The first-order valence-corrected chi connectivity index (χ1v) is 12.3. The fraction of sp³-hybridized carbons (Fsp3) is 0.462. The molecule has 5 unspecified atom stereocenters. The van der Waals surface area contributed by atoms with E-state index >= 15 is 0 Å². The lowest BCUT2D eigenvalue weighted by Gasteiger charge is -2.39. The van der Waals surface area contributed by atoms with Crippen molar-refractivity contribution in [2.75, 3.05) is 13.2 Å². The van der Waals surface area contributed by atoms with Crippen LogP contribution in [0.1, 0.15) is 11.1 Å². The average Bonchev–Trinajstić information content (AvgIpc) is 2.93. The van der Waals surface area contributed by atoms with Crippen LogP contribution in [0, 0.1) is 0 Å². The van der Waals surface area contributed by atoms with Gasteiger partial charge in [-0.3, -0.25) is 0 Å². The molecule has 10 atom stereocenters. The van der Waals surface area contributed by atoms with Crippen LogP contribution in [0.25, 0.3) is 12.2 Å². The minimum atomic E-state index is -1.64. The van der Waals surface area contributed by atoms with Crippen LogP contribution in [-0.2, 0) is 9.47 Å². The molecular formula is C26H32O14. The number of phenols is 2. The van der Waals surface area contributed by atoms with Gasteiger partial charge in [0, 0.05) is 17.7 Å². The molecule has 14 heteroatoms. The lowest BCUT2D eigenvalue weighted by molar-refractivity contribution is -0.277. The van der Waals surface area contributed by atoms with E-state index in [9.17, 15) is 51.1 Å². The fourth-order valence-electron chi connectivity index (χ4n) is 4.29. The van der Waals surface area contributed by atoms with E-state index in [2.05, 4.69) is 0 Å². The maximum Gasteiger partial charge on any atom is 0.229 e. The molecule has 0 aliphatic carbocycles. The molecule has 2 aromatic carbocycles. The second-order valence-electron chi connectivity index (χ2n) is 9.44. The van der Waals surface area contributed by atoms with Gasteiger partial charge in [-0.15, -0.1) is 0 Å². The smallest absolute Gasteiger partial charge is 0.229 e. The Morgan fingerprint density at radius 2 is 1.18 bits per heavy atom. The van der Waals surface area contributed by atoms with E-state index < -0.39 is 74.6 Å². The van der Waals surface area contributed by atoms with Gasteiger partial charge in [0.15, 0.2) is 0 Å². The summed E-state index contributed by atoms with van der Waals surface area (Å²) in [6.07, 6.45) is -11.8. The molecule has 0 bridgehead atoms. The highest BCUT2D eigenvalue weighted by Gasteiger charge is 2.45. The van der Waals surface area contributed by atoms with Gasteiger partial charge in [-0.2, -0.15) is 0 Å². The molecule has 0 radical (unpaired) electrons. The van der Waals surface area contributed by atoms with E-state index in [1.54, 1.807) is 0 Å². The normalized spacial score (nSPS) is 34.6. The molecule has 2 aliphatic heterocycles. The highest BCUT2D eigenvalue weighted by Crippen LogP contribution is 2.31. The Morgan fingerprint density at radius 3 is 1.70 bits per heavy atom. The van der Waals surface area contributed by atoms with Crippen LogP contribution >= 0.6 is 0 Å². The summed E-state index contributed by atoms with van der Waals surface area (Å²) in [5, 5.41) is 99.2. The number of aliphatic hydroxyl groups is 8. The molecule has 0 aromatic heterocycles. The average molecular weight is 569 g/mol. The molecule has 2 aromatic rings. The Morgan fingerprint density at radius 1 is 0.625 bits per heavy atom. The van der Waals surface area contributed by atoms with E-state index in [1.165, 1.54) is 48.6 Å². The highest BCUT2D eigenvalue weighted by atomic mass is 16.7. The van der Waals surface area contributed by atoms with E-state index in [0.29, 0.717) is 11.1 Å². The number of aromatic hydroxyl groups is 2. The number of phenolic OH excluding ortho intramolecular Hbond substituents is 2. The van der Waals surface area contributed by atoms with E-state index in [-0.39, 0.29) is 23.0 Å². The molecule has 2 heterocycles. The van der Waals surface area contributed by atoms with Gasteiger partial charge in [-0.1, -0.05) is 12.2 Å². The standard InChI is InChI=1S/C26H32O14/c27-9-17-19(31)21(33)23(35)25(39-17)37-14-4-3-12(16(30)8-14)2-1-11-5-13(29)7-15(6-11)38-26-24(36)22(34)20(32)18(10-28)40-26/h1-8,17-36H,9-10H2/b2-1+/t17-,18?,19?,20-,21?,22?,23-,24+,25?,26-/m1/s1. The summed E-state index contributed by atoms with van der Waals surface area (Å²) in [5.74, 6) is -0.353. The fourth-order valence-corrected chi connectivity index (χ4v) is 4.29. The Hall–Kier alpha value is -3.02. The van der Waals surface area contributed by atoms with Crippen molar-refractivity contribution >= 4 is 12.2 Å². The van der Waals surface area contributed by atoms with Crippen molar-refractivity contribution in [2.45, 2.75) is 61.4 Å². The zero-order valence-electron chi connectivity index (χ0n) is 20.9. The number of rotatable bonds is 8. The van der Waals surface area contributed by atoms with Crippen LogP contribution in [0.5, 0.6) is 23.0 Å². The predicted octanol–water partition coefficient (Wildman–Crippen LogP) is -2.37. The van der Waals surface area contributed by atoms with Crippen LogP contribution in [0.2, 0.25) is 0 Å². The lowest BCUT2D eigenvalue weighted by Crippen LogP contribution is -2.60. The van der Waals surface area contributed by atoms with Crippen LogP contribution < -0.4 is 9.47 Å². The maximum atomic E-state index is 10.5. The lowest BCUT2D eigenvalue weighted by atomic mass is 9.99. The van der Waals surface area contributed by atoms with E-state index in [4.69, 9.17) is 18.9 Å². The number of hydrogen-bond donors (Lipinski definition) is 10. The van der Waals surface area contributed by atoms with Crippen molar-refractivity contribution in [3.8, 4) is 23.0 Å². The molecule has 10 N–H and O–H groups in total. The first-order chi connectivity index (χ1) is 19.0. The third kappa shape index (κ3) is 6.47.